The largest absolute Gasteiger partial charge is 0.364 e. The monoisotopic (exact) mass is 277 g/mol. The van der Waals surface area contributed by atoms with E-state index in [0.29, 0.717) is 0 Å². The molecule has 2 N–H and O–H groups in total. The van der Waals surface area contributed by atoms with Crippen molar-refractivity contribution in [3.8, 4) is 16.8 Å². The van der Waals surface area contributed by atoms with Crippen LogP contribution in [-0.4, -0.2) is 15.7 Å². The van der Waals surface area contributed by atoms with Crippen LogP contribution in [0.4, 0.5) is 0 Å². The minimum absolute atomic E-state index is 0.276. The quantitative estimate of drug-likeness (QED) is 0.800. The van der Waals surface area contributed by atoms with E-state index in [1.165, 1.54) is 0 Å². The lowest BCUT2D eigenvalue weighted by Gasteiger charge is -2.07. The summed E-state index contributed by atoms with van der Waals surface area (Å²) in [5.41, 5.74) is 9.57. The molecule has 0 saturated heterocycles. The standard InChI is InChI=1S/C17H15N3O/c1-12-10-16(17(18)21)19-20(12)15-9-5-8-14(11-15)13-6-3-2-4-7-13/h2-11H,1H3,(H2,18,21). The van der Waals surface area contributed by atoms with Crippen molar-refractivity contribution < 1.29 is 4.79 Å². The number of primary amides is 1. The average Bonchev–Trinajstić information content (AvgIpc) is 2.91. The Hall–Kier alpha value is -2.88. The molecule has 3 aromatic rings. The van der Waals surface area contributed by atoms with Gasteiger partial charge >= 0.3 is 0 Å². The first kappa shape index (κ1) is 13.1. The highest BCUT2D eigenvalue weighted by Gasteiger charge is 2.10. The van der Waals surface area contributed by atoms with Crippen molar-refractivity contribution in [1.29, 1.82) is 0 Å². The molecule has 1 heterocycles. The average molecular weight is 277 g/mol. The number of nitrogens with zero attached hydrogens (tertiary/aromatic N) is 2. The van der Waals surface area contributed by atoms with Crippen molar-refractivity contribution in [2.24, 2.45) is 5.73 Å². The van der Waals surface area contributed by atoms with E-state index in [1.807, 2.05) is 49.4 Å². The second kappa shape index (κ2) is 5.25. The van der Waals surface area contributed by atoms with Crippen LogP contribution in [0.25, 0.3) is 16.8 Å². The molecule has 0 bridgehead atoms. The van der Waals surface area contributed by atoms with E-state index >= 15 is 0 Å². The summed E-state index contributed by atoms with van der Waals surface area (Å²) in [5.74, 6) is -0.518. The number of aromatic nitrogens is 2. The van der Waals surface area contributed by atoms with Crippen LogP contribution in [0.2, 0.25) is 0 Å². The van der Waals surface area contributed by atoms with E-state index in [-0.39, 0.29) is 5.69 Å². The highest BCUT2D eigenvalue weighted by atomic mass is 16.1. The molecule has 0 fully saturated rings. The number of carbonyl (C=O) groups excluding carboxylic acids is 1. The zero-order chi connectivity index (χ0) is 14.8. The number of hydrogen-bond donors (Lipinski definition) is 1. The Bertz CT molecular complexity index is 791. The van der Waals surface area contributed by atoms with Gasteiger partial charge in [-0.2, -0.15) is 5.10 Å². The molecule has 4 nitrogen and oxygen atoms in total. The Labute approximate surface area is 122 Å². The van der Waals surface area contributed by atoms with Gasteiger partial charge in [0.05, 0.1) is 5.69 Å². The zero-order valence-corrected chi connectivity index (χ0v) is 11.7. The van der Waals surface area contributed by atoms with Crippen molar-refractivity contribution in [2.75, 3.05) is 0 Å². The van der Waals surface area contributed by atoms with E-state index in [2.05, 4.69) is 17.2 Å². The van der Waals surface area contributed by atoms with Crippen molar-refractivity contribution >= 4 is 5.91 Å². The molecule has 1 amide bonds. The summed E-state index contributed by atoms with van der Waals surface area (Å²) in [6.07, 6.45) is 0. The smallest absolute Gasteiger partial charge is 0.269 e. The first-order valence-corrected chi connectivity index (χ1v) is 6.67. The summed E-state index contributed by atoms with van der Waals surface area (Å²) in [5, 5.41) is 4.26. The van der Waals surface area contributed by atoms with Gasteiger partial charge in [0.1, 0.15) is 0 Å². The normalized spacial score (nSPS) is 10.5. The van der Waals surface area contributed by atoms with Gasteiger partial charge in [-0.1, -0.05) is 42.5 Å². The second-order valence-electron chi connectivity index (χ2n) is 4.86. The minimum atomic E-state index is -0.518. The predicted octanol–water partition coefficient (Wildman–Crippen LogP) is 2.95. The lowest BCUT2D eigenvalue weighted by molar-refractivity contribution is 0.0995. The van der Waals surface area contributed by atoms with Crippen LogP contribution >= 0.6 is 0 Å². The van der Waals surface area contributed by atoms with Gasteiger partial charge in [-0.15, -0.1) is 0 Å². The third-order valence-electron chi connectivity index (χ3n) is 3.34. The van der Waals surface area contributed by atoms with Gasteiger partial charge in [-0.3, -0.25) is 4.79 Å². The summed E-state index contributed by atoms with van der Waals surface area (Å²) >= 11 is 0. The summed E-state index contributed by atoms with van der Waals surface area (Å²) in [4.78, 5) is 11.2. The molecule has 104 valence electrons. The highest BCUT2D eigenvalue weighted by molar-refractivity contribution is 5.90. The van der Waals surface area contributed by atoms with Gasteiger partial charge in [0.25, 0.3) is 5.91 Å². The van der Waals surface area contributed by atoms with Gasteiger partial charge in [0.15, 0.2) is 5.69 Å². The fourth-order valence-electron chi connectivity index (χ4n) is 2.30. The van der Waals surface area contributed by atoms with Crippen molar-refractivity contribution in [3.63, 3.8) is 0 Å². The molecule has 2 aromatic carbocycles. The topological polar surface area (TPSA) is 60.9 Å². The molecule has 1 aromatic heterocycles. The van der Waals surface area contributed by atoms with Crippen LogP contribution in [0.1, 0.15) is 16.2 Å². The van der Waals surface area contributed by atoms with Gasteiger partial charge in [-0.05, 0) is 36.2 Å². The van der Waals surface area contributed by atoms with Gasteiger partial charge in [-0.25, -0.2) is 4.68 Å². The molecule has 0 aliphatic carbocycles. The number of hydrogen-bond acceptors (Lipinski definition) is 2. The number of amides is 1. The Kier molecular flexibility index (Phi) is 3.28. The Morgan fingerprint density at radius 2 is 1.71 bits per heavy atom. The Balaban J connectivity index is 2.06. The number of nitrogens with two attached hydrogens (primary N) is 1. The first-order valence-electron chi connectivity index (χ1n) is 6.67. The number of benzene rings is 2. The van der Waals surface area contributed by atoms with Gasteiger partial charge in [0.2, 0.25) is 0 Å². The van der Waals surface area contributed by atoms with Crippen molar-refractivity contribution in [3.05, 3.63) is 72.1 Å². The maximum absolute atomic E-state index is 11.2. The molecular weight excluding hydrogens is 262 g/mol. The molecular formula is C17H15N3O. The van der Waals surface area contributed by atoms with Crippen LogP contribution in [0, 0.1) is 6.92 Å². The van der Waals surface area contributed by atoms with Crippen LogP contribution < -0.4 is 5.73 Å². The molecule has 0 atom stereocenters. The highest BCUT2D eigenvalue weighted by Crippen LogP contribution is 2.22. The molecule has 21 heavy (non-hydrogen) atoms. The van der Waals surface area contributed by atoms with E-state index in [1.54, 1.807) is 10.7 Å². The molecule has 0 aliphatic heterocycles. The number of aryl methyl sites for hydroxylation is 1. The Morgan fingerprint density at radius 1 is 1.00 bits per heavy atom. The molecule has 3 rings (SSSR count). The summed E-state index contributed by atoms with van der Waals surface area (Å²) in [7, 11) is 0. The first-order chi connectivity index (χ1) is 10.1. The fourth-order valence-corrected chi connectivity index (χ4v) is 2.30. The van der Waals surface area contributed by atoms with E-state index in [0.717, 1.165) is 22.5 Å². The molecule has 0 aliphatic rings. The van der Waals surface area contributed by atoms with Crippen LogP contribution in [-0.2, 0) is 0 Å². The maximum Gasteiger partial charge on any atom is 0.269 e. The minimum Gasteiger partial charge on any atom is -0.364 e. The van der Waals surface area contributed by atoms with Gasteiger partial charge < -0.3 is 5.73 Å². The van der Waals surface area contributed by atoms with E-state index in [4.69, 9.17) is 5.73 Å². The van der Waals surface area contributed by atoms with E-state index in [9.17, 15) is 4.79 Å². The third-order valence-corrected chi connectivity index (χ3v) is 3.34. The van der Waals surface area contributed by atoms with Gasteiger partial charge in [0, 0.05) is 5.69 Å². The lowest BCUT2D eigenvalue weighted by Crippen LogP contribution is -2.12. The van der Waals surface area contributed by atoms with Crippen LogP contribution in [0.3, 0.4) is 0 Å². The molecule has 0 spiro atoms. The summed E-state index contributed by atoms with van der Waals surface area (Å²) in [6.45, 7) is 1.90. The summed E-state index contributed by atoms with van der Waals surface area (Å²) in [6, 6.07) is 19.8. The predicted molar refractivity (Wildman–Crippen MR) is 82.3 cm³/mol. The maximum atomic E-state index is 11.2. The van der Waals surface area contributed by atoms with Crippen molar-refractivity contribution in [1.82, 2.24) is 9.78 Å². The lowest BCUT2D eigenvalue weighted by atomic mass is 10.1. The second-order valence-corrected chi connectivity index (χ2v) is 4.86. The molecule has 0 radical (unpaired) electrons. The van der Waals surface area contributed by atoms with Crippen LogP contribution in [0.15, 0.2) is 60.7 Å². The fraction of sp³-hybridized carbons (Fsp3) is 0.0588. The number of carbonyl (C=O) groups is 1. The zero-order valence-electron chi connectivity index (χ0n) is 11.7. The van der Waals surface area contributed by atoms with Crippen LogP contribution in [0.5, 0.6) is 0 Å². The SMILES string of the molecule is Cc1cc(C(N)=O)nn1-c1cccc(-c2ccccc2)c1. The van der Waals surface area contributed by atoms with Crippen molar-refractivity contribution in [2.45, 2.75) is 6.92 Å². The molecule has 0 saturated carbocycles. The molecule has 4 heteroatoms. The summed E-state index contributed by atoms with van der Waals surface area (Å²) < 4.78 is 1.73. The Morgan fingerprint density at radius 3 is 2.38 bits per heavy atom. The number of rotatable bonds is 3. The third kappa shape index (κ3) is 2.56. The van der Waals surface area contributed by atoms with E-state index < -0.39 is 5.91 Å². The molecule has 0 unspecified atom stereocenters.